The van der Waals surface area contributed by atoms with Crippen molar-refractivity contribution in [1.29, 1.82) is 0 Å². The van der Waals surface area contributed by atoms with Crippen molar-refractivity contribution in [3.63, 3.8) is 0 Å². The van der Waals surface area contributed by atoms with Gasteiger partial charge in [0.15, 0.2) is 0 Å². The summed E-state index contributed by atoms with van der Waals surface area (Å²) in [7, 11) is 0. The largest absolute Gasteiger partial charge is 0.375 e. The van der Waals surface area contributed by atoms with Gasteiger partial charge in [0, 0.05) is 11.6 Å². The molecule has 0 saturated heterocycles. The Bertz CT molecular complexity index is 738. The van der Waals surface area contributed by atoms with E-state index in [4.69, 9.17) is 0 Å². The van der Waals surface area contributed by atoms with Gasteiger partial charge in [-0.1, -0.05) is 54.7 Å². The zero-order valence-corrected chi connectivity index (χ0v) is 14.3. The second kappa shape index (κ2) is 8.89. The highest BCUT2D eigenvalue weighted by Gasteiger charge is 2.19. The fourth-order valence-electron chi connectivity index (χ4n) is 2.28. The predicted molar refractivity (Wildman–Crippen MR) is 99.8 cm³/mol. The Balaban J connectivity index is 0.000000284. The molecule has 0 fully saturated rings. The van der Waals surface area contributed by atoms with Gasteiger partial charge in [0.25, 0.3) is 0 Å². The molecule has 122 valence electrons. The standard InChI is InChI=1S/C12H13NO2.C8H12/c1-7-10(12(15)11(7)14)13-8(2)9-5-3-4-6-9;1-4-6-8(3)7-5-2/h3,5-6,8,13H,4H2,1-2H3;4-7H,1H2,2-3H3/b;7-5-,8-6-. The molecule has 0 bridgehead atoms. The molecule has 3 nitrogen and oxygen atoms in total. The van der Waals surface area contributed by atoms with Crippen LogP contribution >= 0.6 is 0 Å². The molecule has 23 heavy (non-hydrogen) atoms. The first kappa shape index (κ1) is 18.6. The summed E-state index contributed by atoms with van der Waals surface area (Å²) in [6, 6.07) is 0.0887. The van der Waals surface area contributed by atoms with E-state index in [2.05, 4.69) is 24.0 Å². The molecule has 0 saturated carbocycles. The van der Waals surface area contributed by atoms with Gasteiger partial charge >= 0.3 is 0 Å². The summed E-state index contributed by atoms with van der Waals surface area (Å²) < 4.78 is 0. The van der Waals surface area contributed by atoms with Crippen molar-refractivity contribution in [1.82, 2.24) is 0 Å². The SMILES string of the molecule is C=C/C=C(C)\C=C/C.Cc1c(NC(C)C2=CCC=C2)c(=O)c1=O. The molecule has 1 aliphatic carbocycles. The molecule has 1 aliphatic rings. The van der Waals surface area contributed by atoms with Crippen LogP contribution in [0.5, 0.6) is 0 Å². The third-order valence-electron chi connectivity index (χ3n) is 3.62. The predicted octanol–water partition coefficient (Wildman–Crippen LogP) is 3.97. The van der Waals surface area contributed by atoms with Crippen LogP contribution in [0.3, 0.4) is 0 Å². The number of rotatable bonds is 5. The lowest BCUT2D eigenvalue weighted by atomic mass is 10.1. The lowest BCUT2D eigenvalue weighted by Crippen LogP contribution is -2.39. The molecule has 1 aromatic rings. The van der Waals surface area contributed by atoms with Crippen molar-refractivity contribution < 1.29 is 0 Å². The molecule has 2 rings (SSSR count). The van der Waals surface area contributed by atoms with Gasteiger partial charge in [0.05, 0.1) is 5.69 Å². The van der Waals surface area contributed by atoms with Crippen molar-refractivity contribution in [3.8, 4) is 0 Å². The minimum atomic E-state index is -0.387. The van der Waals surface area contributed by atoms with Gasteiger partial charge in [0.2, 0.25) is 10.9 Å². The van der Waals surface area contributed by atoms with Crippen LogP contribution < -0.4 is 16.2 Å². The van der Waals surface area contributed by atoms with E-state index >= 15 is 0 Å². The topological polar surface area (TPSA) is 46.2 Å². The fourth-order valence-corrected chi connectivity index (χ4v) is 2.28. The Labute approximate surface area is 138 Å². The van der Waals surface area contributed by atoms with E-state index in [-0.39, 0.29) is 16.9 Å². The van der Waals surface area contributed by atoms with Gasteiger partial charge < -0.3 is 5.32 Å². The van der Waals surface area contributed by atoms with Gasteiger partial charge in [-0.2, -0.15) is 0 Å². The first-order chi connectivity index (χ1) is 10.9. The van der Waals surface area contributed by atoms with Crippen molar-refractivity contribution >= 4 is 5.69 Å². The Morgan fingerprint density at radius 2 is 2.04 bits per heavy atom. The number of nitrogens with one attached hydrogen (secondary N) is 1. The summed E-state index contributed by atoms with van der Waals surface area (Å²) in [5.74, 6) is 0. The van der Waals surface area contributed by atoms with Gasteiger partial charge in [-0.05, 0) is 39.7 Å². The average Bonchev–Trinajstić information content (AvgIpc) is 3.07. The molecule has 1 unspecified atom stereocenters. The van der Waals surface area contributed by atoms with Gasteiger partial charge in [-0.15, -0.1) is 0 Å². The van der Waals surface area contributed by atoms with Crippen LogP contribution in [-0.4, -0.2) is 6.04 Å². The Kier molecular flexibility index (Phi) is 7.20. The second-order valence-corrected chi connectivity index (χ2v) is 5.51. The molecule has 1 aromatic carbocycles. The zero-order valence-electron chi connectivity index (χ0n) is 14.3. The van der Waals surface area contributed by atoms with Crippen LogP contribution in [0.15, 0.2) is 69.8 Å². The molecule has 3 heteroatoms. The summed E-state index contributed by atoms with van der Waals surface area (Å²) in [5.41, 5.74) is 2.69. The summed E-state index contributed by atoms with van der Waals surface area (Å²) in [6.07, 6.45) is 15.0. The average molecular weight is 311 g/mol. The molecule has 1 atom stereocenters. The number of allylic oxidation sites excluding steroid dienone is 7. The molecule has 0 radical (unpaired) electrons. The highest BCUT2D eigenvalue weighted by atomic mass is 16.2. The van der Waals surface area contributed by atoms with E-state index in [0.29, 0.717) is 11.3 Å². The molecular weight excluding hydrogens is 286 g/mol. The van der Waals surface area contributed by atoms with Crippen LogP contribution in [0.1, 0.15) is 32.8 Å². The lowest BCUT2D eigenvalue weighted by molar-refractivity contribution is 0.940. The smallest absolute Gasteiger partial charge is 0.249 e. The minimum Gasteiger partial charge on any atom is -0.375 e. The van der Waals surface area contributed by atoms with Crippen LogP contribution in [0, 0.1) is 6.92 Å². The van der Waals surface area contributed by atoms with E-state index < -0.39 is 0 Å². The van der Waals surface area contributed by atoms with Gasteiger partial charge in [-0.3, -0.25) is 9.59 Å². The van der Waals surface area contributed by atoms with Crippen molar-refractivity contribution in [2.45, 2.75) is 40.2 Å². The molecule has 0 aliphatic heterocycles. The van der Waals surface area contributed by atoms with Gasteiger partial charge in [-0.25, -0.2) is 0 Å². The first-order valence-corrected chi connectivity index (χ1v) is 7.77. The maximum atomic E-state index is 11.2. The summed E-state index contributed by atoms with van der Waals surface area (Å²) in [5, 5.41) is 3.08. The molecule has 0 amide bonds. The summed E-state index contributed by atoms with van der Waals surface area (Å²) in [4.78, 5) is 22.2. The highest BCUT2D eigenvalue weighted by Crippen LogP contribution is 2.17. The second-order valence-electron chi connectivity index (χ2n) is 5.51. The quantitative estimate of drug-likeness (QED) is 0.661. The van der Waals surface area contributed by atoms with E-state index in [1.165, 1.54) is 11.1 Å². The van der Waals surface area contributed by atoms with Gasteiger partial charge in [0.1, 0.15) is 0 Å². The molecule has 0 spiro atoms. The molecule has 0 aromatic heterocycles. The minimum absolute atomic E-state index is 0.0887. The van der Waals surface area contributed by atoms with Crippen molar-refractivity contribution in [2.75, 3.05) is 5.32 Å². The lowest BCUT2D eigenvalue weighted by Gasteiger charge is -2.17. The Morgan fingerprint density at radius 3 is 2.52 bits per heavy atom. The van der Waals surface area contributed by atoms with E-state index in [1.54, 1.807) is 13.0 Å². The maximum absolute atomic E-state index is 11.2. The van der Waals surface area contributed by atoms with E-state index in [0.717, 1.165) is 6.42 Å². The van der Waals surface area contributed by atoms with Crippen LogP contribution in [0.25, 0.3) is 0 Å². The van der Waals surface area contributed by atoms with Crippen LogP contribution in [-0.2, 0) is 0 Å². The van der Waals surface area contributed by atoms with E-state index in [1.807, 2.05) is 45.1 Å². The van der Waals surface area contributed by atoms with Crippen LogP contribution in [0.2, 0.25) is 0 Å². The maximum Gasteiger partial charge on any atom is 0.249 e. The zero-order chi connectivity index (χ0) is 17.4. The van der Waals surface area contributed by atoms with Crippen molar-refractivity contribution in [3.05, 3.63) is 86.3 Å². The van der Waals surface area contributed by atoms with Crippen molar-refractivity contribution in [2.24, 2.45) is 0 Å². The Morgan fingerprint density at radius 1 is 1.35 bits per heavy atom. The number of anilines is 1. The number of hydrogen-bond acceptors (Lipinski definition) is 3. The Hall–Kier alpha value is -2.42. The first-order valence-electron chi connectivity index (χ1n) is 7.77. The summed E-state index contributed by atoms with van der Waals surface area (Å²) in [6.45, 7) is 11.3. The third-order valence-corrected chi connectivity index (χ3v) is 3.62. The summed E-state index contributed by atoms with van der Waals surface area (Å²) >= 11 is 0. The highest BCUT2D eigenvalue weighted by molar-refractivity contribution is 5.57. The fraction of sp³-hybridized carbons (Fsp3) is 0.300. The molecular formula is C20H25NO2. The molecule has 1 N–H and O–H groups in total. The normalized spacial score (nSPS) is 15.3. The van der Waals surface area contributed by atoms with Crippen LogP contribution in [0.4, 0.5) is 5.69 Å². The third kappa shape index (κ3) is 5.06. The molecule has 0 heterocycles. The number of hydrogen-bond donors (Lipinski definition) is 1. The monoisotopic (exact) mass is 311 g/mol. The van der Waals surface area contributed by atoms with E-state index in [9.17, 15) is 9.59 Å².